The van der Waals surface area contributed by atoms with Gasteiger partial charge in [-0.3, -0.25) is 0 Å². The minimum absolute atomic E-state index is 0.255. The van der Waals surface area contributed by atoms with E-state index in [2.05, 4.69) is 0 Å². The zero-order valence-electron chi connectivity index (χ0n) is 15.2. The first-order valence-corrected chi connectivity index (χ1v) is 8.57. The van der Waals surface area contributed by atoms with Gasteiger partial charge >= 0.3 is 12.4 Å². The molecule has 5 nitrogen and oxygen atoms in total. The van der Waals surface area contributed by atoms with Gasteiger partial charge in [-0.1, -0.05) is 0 Å². The second kappa shape index (κ2) is 7.95. The first-order chi connectivity index (χ1) is 14.0. The second-order valence-electron chi connectivity index (χ2n) is 6.52. The monoisotopic (exact) mass is 431 g/mol. The molecule has 2 N–H and O–H groups in total. The van der Waals surface area contributed by atoms with E-state index in [0.717, 1.165) is 12.1 Å². The van der Waals surface area contributed by atoms with Gasteiger partial charge in [0.2, 0.25) is 6.23 Å². The summed E-state index contributed by atoms with van der Waals surface area (Å²) in [5.74, 6) is 0.354. The van der Waals surface area contributed by atoms with Gasteiger partial charge in [0.1, 0.15) is 18.5 Å². The highest BCUT2D eigenvalue weighted by atomic mass is 19.4. The van der Waals surface area contributed by atoms with Gasteiger partial charge in [-0.15, -0.1) is 0 Å². The van der Waals surface area contributed by atoms with Gasteiger partial charge in [0.05, 0.1) is 23.7 Å². The molecule has 0 aliphatic carbocycles. The van der Waals surface area contributed by atoms with Crippen LogP contribution in [0.25, 0.3) is 0 Å². The first-order valence-electron chi connectivity index (χ1n) is 8.57. The summed E-state index contributed by atoms with van der Waals surface area (Å²) in [4.78, 5) is 0.674. The number of nitrogens with two attached hydrogens (primary N) is 1. The van der Waals surface area contributed by atoms with Crippen molar-refractivity contribution >= 4 is 11.4 Å². The lowest BCUT2D eigenvalue weighted by Crippen LogP contribution is -2.42. The van der Waals surface area contributed by atoms with E-state index >= 15 is 0 Å². The fourth-order valence-electron chi connectivity index (χ4n) is 3.00. The van der Waals surface area contributed by atoms with Crippen LogP contribution in [0.15, 0.2) is 42.5 Å². The van der Waals surface area contributed by atoms with Crippen LogP contribution in [0.4, 0.5) is 37.7 Å². The number of halogens is 6. The van der Waals surface area contributed by atoms with Gasteiger partial charge in [-0.2, -0.15) is 31.6 Å². The van der Waals surface area contributed by atoms with Crippen LogP contribution in [-0.4, -0.2) is 31.7 Å². The number of nitrogen functional groups attached to an aromatic ring is 1. The molecule has 1 heterocycles. The second-order valence-corrected chi connectivity index (χ2v) is 6.52. The van der Waals surface area contributed by atoms with Crippen molar-refractivity contribution in [2.24, 2.45) is 0 Å². The third-order valence-electron chi connectivity index (χ3n) is 4.36. The summed E-state index contributed by atoms with van der Waals surface area (Å²) in [6.07, 6.45) is -13.3. The normalized spacial score (nSPS) is 19.6. The van der Waals surface area contributed by atoms with Crippen LogP contribution in [0.1, 0.15) is 11.1 Å². The number of anilines is 2. The van der Waals surface area contributed by atoms with Gasteiger partial charge < -0.3 is 20.1 Å². The highest BCUT2D eigenvalue weighted by Crippen LogP contribution is 2.39. The molecule has 1 aliphatic rings. The van der Waals surface area contributed by atoms with E-state index in [1.54, 1.807) is 12.1 Å². The van der Waals surface area contributed by atoms with Crippen LogP contribution < -0.4 is 15.4 Å². The average Bonchev–Trinajstić information content (AvgIpc) is 3.11. The molecule has 0 radical (unpaired) electrons. The smallest absolute Gasteiger partial charge is 0.433 e. The summed E-state index contributed by atoms with van der Waals surface area (Å²) in [6.45, 7) is -0.613. The van der Waals surface area contributed by atoms with Crippen molar-refractivity contribution in [1.29, 1.82) is 5.26 Å². The number of hydrogen-bond donors (Lipinski definition) is 1. The largest absolute Gasteiger partial charge is 0.491 e. The number of rotatable bonds is 4. The molecule has 0 bridgehead atoms. The number of nitrogens with zero attached hydrogens (tertiary/aromatic N) is 2. The molecular weight excluding hydrogens is 416 g/mol. The molecule has 2 aromatic rings. The van der Waals surface area contributed by atoms with Gasteiger partial charge in [0.25, 0.3) is 0 Å². The van der Waals surface area contributed by atoms with Crippen LogP contribution in [0, 0.1) is 11.3 Å². The maximum atomic E-state index is 13.5. The summed E-state index contributed by atoms with van der Waals surface area (Å²) < 4.78 is 90.4. The average molecular weight is 431 g/mol. The summed E-state index contributed by atoms with van der Waals surface area (Å²) in [7, 11) is 0. The van der Waals surface area contributed by atoms with Crippen molar-refractivity contribution in [2.75, 3.05) is 23.8 Å². The molecule has 1 saturated heterocycles. The molecule has 160 valence electrons. The molecule has 1 fully saturated rings. The van der Waals surface area contributed by atoms with E-state index < -0.39 is 35.8 Å². The molecule has 0 saturated carbocycles. The lowest BCUT2D eigenvalue weighted by atomic mass is 10.1. The van der Waals surface area contributed by atoms with Gasteiger partial charge in [0.15, 0.2) is 0 Å². The lowest BCUT2D eigenvalue weighted by molar-refractivity contribution is -0.215. The quantitative estimate of drug-likeness (QED) is 0.576. The summed E-state index contributed by atoms with van der Waals surface area (Å²) in [5.41, 5.74) is 3.66. The van der Waals surface area contributed by atoms with Crippen LogP contribution in [0.5, 0.6) is 5.75 Å². The van der Waals surface area contributed by atoms with Crippen LogP contribution in [0.3, 0.4) is 0 Å². The van der Waals surface area contributed by atoms with Gasteiger partial charge in [-0.05, 0) is 42.5 Å². The number of ether oxygens (including phenoxy) is 2. The summed E-state index contributed by atoms with van der Waals surface area (Å²) >= 11 is 0. The predicted octanol–water partition coefficient (Wildman–Crippen LogP) is 4.33. The lowest BCUT2D eigenvalue weighted by Gasteiger charge is -2.27. The Labute approximate surface area is 167 Å². The van der Waals surface area contributed by atoms with Gasteiger partial charge in [0, 0.05) is 11.4 Å². The topological polar surface area (TPSA) is 71.5 Å². The van der Waals surface area contributed by atoms with Crippen molar-refractivity contribution in [2.45, 2.75) is 24.7 Å². The Bertz CT molecular complexity index is 937. The zero-order chi connectivity index (χ0) is 22.1. The molecular formula is C19H15F6N3O2. The summed E-state index contributed by atoms with van der Waals surface area (Å²) in [5, 5.41) is 8.86. The minimum atomic E-state index is -4.90. The van der Waals surface area contributed by atoms with Crippen LogP contribution in [-0.2, 0) is 10.9 Å². The Morgan fingerprint density at radius 2 is 1.77 bits per heavy atom. The van der Waals surface area contributed by atoms with E-state index in [-0.39, 0.29) is 18.8 Å². The van der Waals surface area contributed by atoms with E-state index in [9.17, 15) is 26.3 Å². The van der Waals surface area contributed by atoms with Gasteiger partial charge in [-0.25, -0.2) is 0 Å². The van der Waals surface area contributed by atoms with E-state index in [0.29, 0.717) is 22.4 Å². The molecule has 0 unspecified atom stereocenters. The third-order valence-corrected chi connectivity index (χ3v) is 4.36. The maximum absolute atomic E-state index is 13.5. The molecule has 30 heavy (non-hydrogen) atoms. The molecule has 2 aromatic carbocycles. The SMILES string of the molecule is N#Cc1ccc(N2C[C@@H](COc3ccc(N)cc3)O[C@@H]2C(F)(F)F)cc1C(F)(F)F. The number of hydrogen-bond acceptors (Lipinski definition) is 5. The maximum Gasteiger partial charge on any atom is 0.433 e. The van der Waals surface area contributed by atoms with E-state index in [1.807, 2.05) is 0 Å². The van der Waals surface area contributed by atoms with Crippen LogP contribution in [0.2, 0.25) is 0 Å². The Morgan fingerprint density at radius 1 is 1.10 bits per heavy atom. The van der Waals surface area contributed by atoms with E-state index in [4.69, 9.17) is 20.5 Å². The number of nitriles is 1. The van der Waals surface area contributed by atoms with Crippen molar-refractivity contribution in [3.05, 3.63) is 53.6 Å². The van der Waals surface area contributed by atoms with Crippen LogP contribution >= 0.6 is 0 Å². The molecule has 0 amide bonds. The number of benzene rings is 2. The first kappa shape index (κ1) is 21.6. The van der Waals surface area contributed by atoms with Crippen molar-refractivity contribution in [3.63, 3.8) is 0 Å². The van der Waals surface area contributed by atoms with Crippen molar-refractivity contribution in [3.8, 4) is 11.8 Å². The third kappa shape index (κ3) is 4.71. The molecule has 0 aromatic heterocycles. The Hall–Kier alpha value is -3.13. The highest BCUT2D eigenvalue weighted by molar-refractivity contribution is 5.56. The Kier molecular flexibility index (Phi) is 5.72. The molecule has 1 aliphatic heterocycles. The molecule has 11 heteroatoms. The highest BCUT2D eigenvalue weighted by Gasteiger charge is 2.51. The van der Waals surface area contributed by atoms with E-state index in [1.165, 1.54) is 18.2 Å². The standard InChI is InChI=1S/C19H15F6N3O2/c20-18(21,22)16-7-13(4-1-11(16)8-26)28-9-15(30-17(28)19(23,24)25)10-29-14-5-2-12(27)3-6-14/h1-7,15,17H,9-10,27H2/t15-,17+/m0/s1. The van der Waals surface area contributed by atoms with Crippen molar-refractivity contribution < 1.29 is 35.8 Å². The number of alkyl halides is 6. The summed E-state index contributed by atoms with van der Waals surface area (Å²) in [6, 6.07) is 9.92. The molecule has 3 rings (SSSR count). The van der Waals surface area contributed by atoms with Crippen molar-refractivity contribution in [1.82, 2.24) is 0 Å². The zero-order valence-corrected chi connectivity index (χ0v) is 15.2. The minimum Gasteiger partial charge on any atom is -0.491 e. The fourth-order valence-corrected chi connectivity index (χ4v) is 3.00. The fraction of sp³-hybridized carbons (Fsp3) is 0.316. The molecule has 2 atom stereocenters. The Balaban J connectivity index is 1.84. The predicted molar refractivity (Wildman–Crippen MR) is 94.6 cm³/mol. The molecule has 0 spiro atoms. The Morgan fingerprint density at radius 3 is 2.33 bits per heavy atom.